The Labute approximate surface area is 135 Å². The second kappa shape index (κ2) is 10.0. The van der Waals surface area contributed by atoms with Crippen LogP contribution >= 0.6 is 0 Å². The van der Waals surface area contributed by atoms with Crippen LogP contribution < -0.4 is 0 Å². The molecule has 0 bridgehead atoms. The normalized spacial score (nSPS) is 10.6. The summed E-state index contributed by atoms with van der Waals surface area (Å²) in [6.07, 6.45) is 3.47. The number of methoxy groups -OCH3 is 2. The van der Waals surface area contributed by atoms with E-state index in [4.69, 9.17) is 19.4 Å². The molecule has 23 heavy (non-hydrogen) atoms. The summed E-state index contributed by atoms with van der Waals surface area (Å²) in [4.78, 5) is 23.9. The molecule has 0 unspecified atom stereocenters. The van der Waals surface area contributed by atoms with Gasteiger partial charge in [0.05, 0.1) is 14.2 Å². The van der Waals surface area contributed by atoms with Crippen molar-refractivity contribution in [3.8, 4) is 0 Å². The maximum atomic E-state index is 12.1. The van der Waals surface area contributed by atoms with Gasteiger partial charge in [0, 0.05) is 25.2 Å². The second-order valence-electron chi connectivity index (χ2n) is 5.05. The topological polar surface area (TPSA) is 106 Å². The molecule has 0 spiro atoms. The van der Waals surface area contributed by atoms with Gasteiger partial charge in [0.1, 0.15) is 11.3 Å². The third-order valence-corrected chi connectivity index (χ3v) is 3.50. The number of aliphatic hydroxyl groups is 2. The lowest BCUT2D eigenvalue weighted by Gasteiger charge is -2.05. The molecule has 130 valence electrons. The van der Waals surface area contributed by atoms with E-state index in [-0.39, 0.29) is 24.5 Å². The number of carbonyl (C=O) groups excluding carboxylic acids is 2. The third kappa shape index (κ3) is 5.07. The van der Waals surface area contributed by atoms with Gasteiger partial charge in [-0.05, 0) is 32.1 Å². The molecule has 0 aliphatic carbocycles. The number of furan rings is 1. The van der Waals surface area contributed by atoms with E-state index in [1.165, 1.54) is 14.2 Å². The van der Waals surface area contributed by atoms with Crippen molar-refractivity contribution in [2.45, 2.75) is 38.5 Å². The number of esters is 2. The molecule has 7 heteroatoms. The molecule has 0 saturated heterocycles. The van der Waals surface area contributed by atoms with Gasteiger partial charge in [-0.15, -0.1) is 0 Å². The van der Waals surface area contributed by atoms with Crippen molar-refractivity contribution in [1.82, 2.24) is 0 Å². The minimum absolute atomic E-state index is 0.0507. The van der Waals surface area contributed by atoms with Crippen LogP contribution in [0.3, 0.4) is 0 Å². The lowest BCUT2D eigenvalue weighted by molar-refractivity contribution is 0.0527. The first-order chi connectivity index (χ1) is 11.1. The molecule has 0 aromatic carbocycles. The Morgan fingerprint density at radius 3 is 2.00 bits per heavy atom. The first kappa shape index (κ1) is 19.2. The average Bonchev–Trinajstić information content (AvgIpc) is 2.92. The lowest BCUT2D eigenvalue weighted by Crippen LogP contribution is -2.11. The van der Waals surface area contributed by atoms with Gasteiger partial charge in [-0.3, -0.25) is 0 Å². The van der Waals surface area contributed by atoms with E-state index in [0.717, 1.165) is 0 Å². The number of aliphatic hydroxyl groups excluding tert-OH is 2. The maximum Gasteiger partial charge on any atom is 0.374 e. The van der Waals surface area contributed by atoms with Crippen molar-refractivity contribution in [3.63, 3.8) is 0 Å². The fraction of sp³-hybridized carbons (Fsp3) is 0.625. The van der Waals surface area contributed by atoms with E-state index in [0.29, 0.717) is 49.8 Å². The van der Waals surface area contributed by atoms with Gasteiger partial charge < -0.3 is 24.1 Å². The van der Waals surface area contributed by atoms with E-state index in [1.54, 1.807) is 0 Å². The van der Waals surface area contributed by atoms with Crippen molar-refractivity contribution >= 4 is 11.9 Å². The molecular formula is C16H24O7. The van der Waals surface area contributed by atoms with Crippen molar-refractivity contribution in [2.24, 2.45) is 0 Å². The van der Waals surface area contributed by atoms with Crippen molar-refractivity contribution in [1.29, 1.82) is 0 Å². The summed E-state index contributed by atoms with van der Waals surface area (Å²) in [6, 6.07) is 0. The predicted octanol–water partition coefficient (Wildman–Crippen LogP) is 1.48. The number of aryl methyl sites for hydroxylation is 1. The van der Waals surface area contributed by atoms with Crippen LogP contribution in [0.2, 0.25) is 0 Å². The van der Waals surface area contributed by atoms with Crippen molar-refractivity contribution in [3.05, 3.63) is 22.6 Å². The molecule has 0 amide bonds. The lowest BCUT2D eigenvalue weighted by atomic mass is 10.00. The summed E-state index contributed by atoms with van der Waals surface area (Å²) in [5.74, 6) is -1.02. The van der Waals surface area contributed by atoms with Crippen LogP contribution in [0.4, 0.5) is 0 Å². The SMILES string of the molecule is COC(=O)c1oc(CCCCO)c(CCCCO)c1C(=O)OC. The van der Waals surface area contributed by atoms with E-state index in [9.17, 15) is 9.59 Å². The fourth-order valence-electron chi connectivity index (χ4n) is 2.34. The minimum Gasteiger partial charge on any atom is -0.465 e. The van der Waals surface area contributed by atoms with Gasteiger partial charge >= 0.3 is 11.9 Å². The zero-order valence-corrected chi connectivity index (χ0v) is 13.6. The van der Waals surface area contributed by atoms with E-state index in [1.807, 2.05) is 0 Å². The quantitative estimate of drug-likeness (QED) is 0.495. The molecule has 0 fully saturated rings. The molecule has 1 aromatic rings. The number of ether oxygens (including phenoxy) is 2. The van der Waals surface area contributed by atoms with E-state index < -0.39 is 11.9 Å². The van der Waals surface area contributed by atoms with Crippen LogP contribution in [0.15, 0.2) is 4.42 Å². The standard InChI is InChI=1S/C16H24O7/c1-21-15(19)13-11(7-3-5-9-17)12(8-4-6-10-18)23-14(13)16(20)22-2/h17-18H,3-10H2,1-2H3. The van der Waals surface area contributed by atoms with Gasteiger partial charge in [-0.2, -0.15) is 0 Å². The van der Waals surface area contributed by atoms with Crippen LogP contribution in [-0.4, -0.2) is 49.6 Å². The molecule has 2 N–H and O–H groups in total. The highest BCUT2D eigenvalue weighted by molar-refractivity contribution is 6.02. The number of carbonyl (C=O) groups is 2. The number of unbranched alkanes of at least 4 members (excludes halogenated alkanes) is 2. The highest BCUT2D eigenvalue weighted by atomic mass is 16.5. The number of hydrogen-bond donors (Lipinski definition) is 2. The monoisotopic (exact) mass is 328 g/mol. The van der Waals surface area contributed by atoms with Gasteiger partial charge in [0.2, 0.25) is 5.76 Å². The summed E-state index contributed by atoms with van der Waals surface area (Å²) < 4.78 is 15.0. The largest absolute Gasteiger partial charge is 0.465 e. The Kier molecular flexibility index (Phi) is 8.36. The molecule has 1 heterocycles. The molecule has 0 saturated carbocycles. The molecule has 0 atom stereocenters. The minimum atomic E-state index is -0.734. The van der Waals surface area contributed by atoms with Gasteiger partial charge in [0.25, 0.3) is 0 Å². The maximum absolute atomic E-state index is 12.1. The number of rotatable bonds is 10. The number of hydrogen-bond acceptors (Lipinski definition) is 7. The molecular weight excluding hydrogens is 304 g/mol. The van der Waals surface area contributed by atoms with Gasteiger partial charge in [-0.25, -0.2) is 9.59 Å². The van der Waals surface area contributed by atoms with Crippen LogP contribution in [0.5, 0.6) is 0 Å². The molecule has 1 rings (SSSR count). The summed E-state index contributed by atoms with van der Waals surface area (Å²) in [6.45, 7) is 0.114. The zero-order valence-electron chi connectivity index (χ0n) is 13.6. The highest BCUT2D eigenvalue weighted by Gasteiger charge is 2.30. The molecule has 0 radical (unpaired) electrons. The molecule has 1 aromatic heterocycles. The Morgan fingerprint density at radius 2 is 1.48 bits per heavy atom. The smallest absolute Gasteiger partial charge is 0.374 e. The van der Waals surface area contributed by atoms with Crippen LogP contribution in [0, 0.1) is 0 Å². The van der Waals surface area contributed by atoms with Crippen LogP contribution in [-0.2, 0) is 22.3 Å². The molecule has 0 aliphatic heterocycles. The summed E-state index contributed by atoms with van der Waals surface area (Å²) in [7, 11) is 2.45. The van der Waals surface area contributed by atoms with Crippen LogP contribution in [0.1, 0.15) is 57.9 Å². The first-order valence-electron chi connectivity index (χ1n) is 7.63. The Balaban J connectivity index is 3.21. The summed E-state index contributed by atoms with van der Waals surface area (Å²) in [5.41, 5.74) is 0.708. The van der Waals surface area contributed by atoms with Crippen molar-refractivity contribution in [2.75, 3.05) is 27.4 Å². The zero-order chi connectivity index (χ0) is 17.2. The Hall–Kier alpha value is -1.86. The molecule has 7 nitrogen and oxygen atoms in total. The van der Waals surface area contributed by atoms with Crippen molar-refractivity contribution < 1.29 is 33.7 Å². The van der Waals surface area contributed by atoms with Gasteiger partial charge in [0.15, 0.2) is 0 Å². The van der Waals surface area contributed by atoms with Gasteiger partial charge in [-0.1, -0.05) is 0 Å². The first-order valence-corrected chi connectivity index (χ1v) is 7.63. The van der Waals surface area contributed by atoms with E-state index >= 15 is 0 Å². The van der Waals surface area contributed by atoms with Crippen LogP contribution in [0.25, 0.3) is 0 Å². The highest BCUT2D eigenvalue weighted by Crippen LogP contribution is 2.28. The Morgan fingerprint density at radius 1 is 0.913 bits per heavy atom. The fourth-order valence-corrected chi connectivity index (χ4v) is 2.34. The summed E-state index contributed by atoms with van der Waals surface area (Å²) >= 11 is 0. The predicted molar refractivity (Wildman–Crippen MR) is 81.4 cm³/mol. The molecule has 0 aliphatic rings. The second-order valence-corrected chi connectivity index (χ2v) is 5.05. The van der Waals surface area contributed by atoms with E-state index in [2.05, 4.69) is 4.74 Å². The summed E-state index contributed by atoms with van der Waals surface area (Å²) in [5, 5.41) is 17.8. The Bertz CT molecular complexity index is 519. The third-order valence-electron chi connectivity index (χ3n) is 3.50. The average molecular weight is 328 g/mol.